The lowest BCUT2D eigenvalue weighted by molar-refractivity contribution is 0.589. The Morgan fingerprint density at radius 3 is 1.31 bits per heavy atom. The lowest BCUT2D eigenvalue weighted by atomic mass is 9.80. The summed E-state index contributed by atoms with van der Waals surface area (Å²) in [5, 5.41) is 4.34. The first-order chi connectivity index (χ1) is 35.9. The third-order valence-corrected chi connectivity index (χ3v) is 14.6. The van der Waals surface area contributed by atoms with Gasteiger partial charge >= 0.3 is 0 Å². The maximum atomic E-state index is 6.65. The van der Waals surface area contributed by atoms with Gasteiger partial charge in [0.05, 0.1) is 0 Å². The second kappa shape index (κ2) is 18.7. The van der Waals surface area contributed by atoms with Gasteiger partial charge in [-0.2, -0.15) is 0 Å². The predicted octanol–water partition coefficient (Wildman–Crippen LogP) is 20.2. The maximum Gasteiger partial charge on any atom is 0.135 e. The van der Waals surface area contributed by atoms with Crippen LogP contribution in [-0.2, 0) is 10.8 Å². The quantitative estimate of drug-likeness (QED) is 0.128. The molecule has 74 heavy (non-hydrogen) atoms. The number of hydrogen-bond acceptors (Lipinski definition) is 3. The van der Waals surface area contributed by atoms with E-state index in [2.05, 4.69) is 289 Å². The van der Waals surface area contributed by atoms with Crippen LogP contribution >= 0.6 is 0 Å². The van der Waals surface area contributed by atoms with E-state index in [-0.39, 0.29) is 16.7 Å². The number of benzene rings is 10. The van der Waals surface area contributed by atoms with Gasteiger partial charge < -0.3 is 13.7 Å². The molecule has 0 spiro atoms. The first-order valence-corrected chi connectivity index (χ1v) is 25.8. The molecular formula is C71H59NO2. The van der Waals surface area contributed by atoms with Gasteiger partial charge in [0.15, 0.2) is 0 Å². The third-order valence-electron chi connectivity index (χ3n) is 14.6. The summed E-state index contributed by atoms with van der Waals surface area (Å²) >= 11 is 0. The van der Waals surface area contributed by atoms with Gasteiger partial charge in [0.2, 0.25) is 0 Å². The van der Waals surface area contributed by atoms with Gasteiger partial charge in [-0.05, 0) is 157 Å². The van der Waals surface area contributed by atoms with E-state index >= 15 is 0 Å². The minimum atomic E-state index is 0.00704. The molecule has 0 saturated heterocycles. The number of hydrogen-bond donors (Lipinski definition) is 0. The molecule has 2 aromatic heterocycles. The second-order valence-corrected chi connectivity index (χ2v) is 21.9. The standard InChI is InChI=1S/C71H59NO2/c1-70(2,3)60-25-14-24-55(40-60)69(54-23-13-21-52(37-54)47-17-9-7-10-18-47)51-31-29-49(30-32-51)65-44-58-38-56-39-59-45-66(74-68(59)43-57(56)42-67(58)73-65)50-33-35-62(36-34-50)72(64-28-16-26-61(46-64)71(4,5)6)63-27-15-22-53(41-63)48-19-11-8-12-20-48/h7-46,69H,1-6H3. The largest absolute Gasteiger partial charge is 0.456 e. The van der Waals surface area contributed by atoms with Crippen LogP contribution in [0.2, 0.25) is 0 Å². The molecule has 0 N–H and O–H groups in total. The second-order valence-electron chi connectivity index (χ2n) is 21.9. The van der Waals surface area contributed by atoms with Crippen LogP contribution in [0.1, 0.15) is 75.3 Å². The molecule has 0 aliphatic rings. The molecule has 12 rings (SSSR count). The van der Waals surface area contributed by atoms with E-state index < -0.39 is 0 Å². The Morgan fingerprint density at radius 2 is 0.743 bits per heavy atom. The Hall–Kier alpha value is -8.66. The van der Waals surface area contributed by atoms with E-state index in [0.717, 1.165) is 72.4 Å². The van der Waals surface area contributed by atoms with Crippen molar-refractivity contribution in [3.63, 3.8) is 0 Å². The summed E-state index contributed by atoms with van der Waals surface area (Å²) in [6.07, 6.45) is 0. The zero-order valence-corrected chi connectivity index (χ0v) is 42.9. The molecule has 3 nitrogen and oxygen atoms in total. The van der Waals surface area contributed by atoms with Gasteiger partial charge in [-0.15, -0.1) is 0 Å². The van der Waals surface area contributed by atoms with Crippen molar-refractivity contribution < 1.29 is 8.83 Å². The smallest absolute Gasteiger partial charge is 0.135 e. The maximum absolute atomic E-state index is 6.65. The minimum absolute atomic E-state index is 0.00704. The van der Waals surface area contributed by atoms with E-state index in [0.29, 0.717) is 0 Å². The highest BCUT2D eigenvalue weighted by Gasteiger charge is 2.23. The first-order valence-electron chi connectivity index (χ1n) is 25.8. The Bertz CT molecular complexity index is 3630. The molecular weight excluding hydrogens is 899 g/mol. The molecule has 3 heteroatoms. The van der Waals surface area contributed by atoms with Crippen LogP contribution in [0.5, 0.6) is 0 Å². The molecule has 0 amide bonds. The molecule has 0 bridgehead atoms. The fourth-order valence-electron chi connectivity index (χ4n) is 10.5. The van der Waals surface area contributed by atoms with Gasteiger partial charge in [-0.25, -0.2) is 0 Å². The number of furan rings is 2. The number of fused-ring (bicyclic) bond motifs is 3. The predicted molar refractivity (Wildman–Crippen MR) is 311 cm³/mol. The van der Waals surface area contributed by atoms with Crippen molar-refractivity contribution in [1.29, 1.82) is 0 Å². The normalized spacial score (nSPS) is 12.4. The van der Waals surface area contributed by atoms with Gasteiger partial charge in [-0.3, -0.25) is 0 Å². The molecule has 1 unspecified atom stereocenters. The molecule has 0 saturated carbocycles. The molecule has 0 aliphatic heterocycles. The van der Waals surface area contributed by atoms with Crippen molar-refractivity contribution in [3.8, 4) is 44.9 Å². The minimum Gasteiger partial charge on any atom is -0.456 e. The summed E-state index contributed by atoms with van der Waals surface area (Å²) in [6.45, 7) is 13.6. The SMILES string of the molecule is CC(C)(C)c1cccc(C(c2ccc(-c3cc4cc5cc6cc(-c7ccc(N(c8cccc(-c9ccccc9)c8)c8cccc(C(C)(C)C)c8)cc7)oc6cc5cc4o3)cc2)c2cccc(-c3ccccc3)c2)c1. The zero-order chi connectivity index (χ0) is 50.6. The van der Waals surface area contributed by atoms with Crippen molar-refractivity contribution in [2.45, 2.75) is 58.3 Å². The van der Waals surface area contributed by atoms with Crippen LogP contribution < -0.4 is 4.90 Å². The van der Waals surface area contributed by atoms with Crippen LogP contribution in [0, 0.1) is 0 Å². The molecule has 2 heterocycles. The van der Waals surface area contributed by atoms with Crippen LogP contribution in [0.3, 0.4) is 0 Å². The topological polar surface area (TPSA) is 29.5 Å². The summed E-state index contributed by atoms with van der Waals surface area (Å²) < 4.78 is 13.3. The molecule has 12 aromatic rings. The van der Waals surface area contributed by atoms with Crippen LogP contribution in [0.15, 0.2) is 251 Å². The van der Waals surface area contributed by atoms with Crippen LogP contribution in [0.25, 0.3) is 77.6 Å². The summed E-state index contributed by atoms with van der Waals surface area (Å²) in [5.41, 5.74) is 18.3. The number of rotatable bonds is 10. The lowest BCUT2D eigenvalue weighted by Gasteiger charge is -2.28. The molecule has 10 aromatic carbocycles. The molecule has 0 fully saturated rings. The van der Waals surface area contributed by atoms with E-state index in [1.807, 2.05) is 0 Å². The van der Waals surface area contributed by atoms with E-state index in [1.54, 1.807) is 0 Å². The third kappa shape index (κ3) is 9.23. The van der Waals surface area contributed by atoms with Crippen molar-refractivity contribution in [1.82, 2.24) is 0 Å². The van der Waals surface area contributed by atoms with E-state index in [9.17, 15) is 0 Å². The Kier molecular flexibility index (Phi) is 11.8. The fraction of sp³-hybridized carbons (Fsp3) is 0.127. The Balaban J connectivity index is 0.838. The number of anilines is 3. The summed E-state index contributed by atoms with van der Waals surface area (Å²) in [7, 11) is 0. The molecule has 0 radical (unpaired) electrons. The Labute approximate surface area is 435 Å². The van der Waals surface area contributed by atoms with Gasteiger partial charge in [0.1, 0.15) is 22.7 Å². The van der Waals surface area contributed by atoms with Crippen molar-refractivity contribution in [3.05, 3.63) is 270 Å². The molecule has 0 aliphatic carbocycles. The lowest BCUT2D eigenvalue weighted by Crippen LogP contribution is -2.14. The highest BCUT2D eigenvalue weighted by molar-refractivity contribution is 6.04. The highest BCUT2D eigenvalue weighted by atomic mass is 16.3. The van der Waals surface area contributed by atoms with Gasteiger partial charge in [0, 0.05) is 44.9 Å². The van der Waals surface area contributed by atoms with Crippen molar-refractivity contribution >= 4 is 49.8 Å². The van der Waals surface area contributed by atoms with Crippen LogP contribution in [-0.4, -0.2) is 0 Å². The monoisotopic (exact) mass is 957 g/mol. The summed E-state index contributed by atoms with van der Waals surface area (Å²) in [5.74, 6) is 1.73. The fourth-order valence-corrected chi connectivity index (χ4v) is 10.5. The summed E-state index contributed by atoms with van der Waals surface area (Å²) in [6, 6.07) is 87.9. The Morgan fingerprint density at radius 1 is 0.297 bits per heavy atom. The van der Waals surface area contributed by atoms with Crippen LogP contribution in [0.4, 0.5) is 17.1 Å². The van der Waals surface area contributed by atoms with E-state index in [4.69, 9.17) is 8.83 Å². The number of nitrogens with zero attached hydrogens (tertiary/aromatic N) is 1. The van der Waals surface area contributed by atoms with Crippen molar-refractivity contribution in [2.24, 2.45) is 0 Å². The average molecular weight is 958 g/mol. The van der Waals surface area contributed by atoms with Gasteiger partial charge in [0.25, 0.3) is 0 Å². The highest BCUT2D eigenvalue weighted by Crippen LogP contribution is 2.42. The summed E-state index contributed by atoms with van der Waals surface area (Å²) in [4.78, 5) is 2.35. The van der Waals surface area contributed by atoms with Gasteiger partial charge in [-0.1, -0.05) is 199 Å². The van der Waals surface area contributed by atoms with E-state index in [1.165, 1.54) is 50.1 Å². The molecule has 360 valence electrons. The average Bonchev–Trinajstić information content (AvgIpc) is 4.04. The van der Waals surface area contributed by atoms with Crippen molar-refractivity contribution in [2.75, 3.05) is 4.90 Å². The first kappa shape index (κ1) is 46.4. The molecule has 1 atom stereocenters. The zero-order valence-electron chi connectivity index (χ0n) is 42.9.